The number of anilines is 1. The van der Waals surface area contributed by atoms with Crippen molar-refractivity contribution in [2.75, 3.05) is 31.2 Å². The lowest BCUT2D eigenvalue weighted by Gasteiger charge is -2.27. The lowest BCUT2D eigenvalue weighted by molar-refractivity contribution is -0.129. The van der Waals surface area contributed by atoms with Crippen LogP contribution in [0.4, 0.5) is 5.00 Å². The Bertz CT molecular complexity index is 869. The molecule has 4 rings (SSSR count). The van der Waals surface area contributed by atoms with E-state index in [1.54, 1.807) is 29.5 Å². The largest absolute Gasteiger partial charge is 0.402 e. The zero-order valence-electron chi connectivity index (χ0n) is 13.3. The number of halogens is 1. The first-order chi connectivity index (χ1) is 12.2. The molecule has 2 aliphatic heterocycles. The van der Waals surface area contributed by atoms with Crippen LogP contribution in [0.3, 0.4) is 0 Å². The molecule has 0 amide bonds. The van der Waals surface area contributed by atoms with Crippen molar-refractivity contribution in [3.05, 3.63) is 57.6 Å². The van der Waals surface area contributed by atoms with Gasteiger partial charge < -0.3 is 14.4 Å². The maximum absolute atomic E-state index is 12.1. The van der Waals surface area contributed by atoms with Gasteiger partial charge in [-0.25, -0.2) is 9.79 Å². The molecular formula is C18H15ClN2O3S. The molecule has 0 unspecified atom stereocenters. The predicted octanol–water partition coefficient (Wildman–Crippen LogP) is 3.58. The van der Waals surface area contributed by atoms with Crippen LogP contribution in [0.2, 0.25) is 5.02 Å². The van der Waals surface area contributed by atoms with Gasteiger partial charge in [0.05, 0.1) is 28.8 Å². The molecule has 25 heavy (non-hydrogen) atoms. The summed E-state index contributed by atoms with van der Waals surface area (Å²) in [6, 6.07) is 11.2. The molecule has 0 bridgehead atoms. The summed E-state index contributed by atoms with van der Waals surface area (Å²) in [4.78, 5) is 19.7. The van der Waals surface area contributed by atoms with Crippen molar-refractivity contribution in [2.45, 2.75) is 0 Å². The highest BCUT2D eigenvalue weighted by atomic mass is 35.5. The van der Waals surface area contributed by atoms with E-state index in [-0.39, 0.29) is 11.6 Å². The maximum Gasteiger partial charge on any atom is 0.363 e. The number of aliphatic imine (C=N–C) groups is 1. The van der Waals surface area contributed by atoms with E-state index in [1.807, 2.05) is 18.2 Å². The summed E-state index contributed by atoms with van der Waals surface area (Å²) in [5, 5.41) is 1.66. The monoisotopic (exact) mass is 374 g/mol. The van der Waals surface area contributed by atoms with Crippen molar-refractivity contribution in [1.29, 1.82) is 0 Å². The number of nitrogens with zero attached hydrogens (tertiary/aromatic N) is 2. The number of thiophene rings is 1. The van der Waals surface area contributed by atoms with E-state index >= 15 is 0 Å². The molecule has 0 spiro atoms. The topological polar surface area (TPSA) is 51.1 Å². The van der Waals surface area contributed by atoms with E-state index in [4.69, 9.17) is 21.1 Å². The van der Waals surface area contributed by atoms with Gasteiger partial charge in [-0.3, -0.25) is 0 Å². The molecule has 0 N–H and O–H groups in total. The number of hydrogen-bond acceptors (Lipinski definition) is 6. The Labute approximate surface area is 154 Å². The SMILES string of the molecule is O=C1OC(c2ccccc2Cl)=N/C1=C\c1ccc(N2CCOCC2)s1. The Morgan fingerprint density at radius 1 is 1.16 bits per heavy atom. The molecule has 1 fully saturated rings. The van der Waals surface area contributed by atoms with Crippen LogP contribution in [-0.4, -0.2) is 38.2 Å². The molecule has 7 heteroatoms. The summed E-state index contributed by atoms with van der Waals surface area (Å²) in [6.07, 6.45) is 1.75. The fourth-order valence-corrected chi connectivity index (χ4v) is 3.88. The summed E-state index contributed by atoms with van der Waals surface area (Å²) in [5.74, 6) is -0.219. The van der Waals surface area contributed by atoms with Gasteiger partial charge in [-0.15, -0.1) is 11.3 Å². The second kappa shape index (κ2) is 7.00. The van der Waals surface area contributed by atoms with Crippen molar-refractivity contribution in [3.63, 3.8) is 0 Å². The number of ether oxygens (including phenoxy) is 2. The highest BCUT2D eigenvalue weighted by Crippen LogP contribution is 2.30. The Hall–Kier alpha value is -2.15. The molecule has 0 atom stereocenters. The standard InChI is InChI=1S/C18H15ClN2O3S/c19-14-4-2-1-3-13(14)17-20-15(18(22)24-17)11-12-5-6-16(25-12)21-7-9-23-10-8-21/h1-6,11H,7-10H2/b15-11-. The van der Waals surface area contributed by atoms with Gasteiger partial charge in [-0.2, -0.15) is 0 Å². The fourth-order valence-electron chi connectivity index (χ4n) is 2.67. The molecule has 1 aromatic heterocycles. The van der Waals surface area contributed by atoms with Gasteiger partial charge in [0.2, 0.25) is 5.90 Å². The number of rotatable bonds is 3. The number of esters is 1. The molecule has 2 aromatic rings. The normalized spacial score (nSPS) is 19.2. The molecule has 1 aromatic carbocycles. The number of carbonyl (C=O) groups is 1. The summed E-state index contributed by atoms with van der Waals surface area (Å²) in [7, 11) is 0. The second-order valence-electron chi connectivity index (χ2n) is 5.59. The average Bonchev–Trinajstić information content (AvgIpc) is 3.24. The molecule has 0 radical (unpaired) electrons. The van der Waals surface area contributed by atoms with E-state index in [9.17, 15) is 4.79 Å². The van der Waals surface area contributed by atoms with Crippen molar-refractivity contribution < 1.29 is 14.3 Å². The molecule has 3 heterocycles. The van der Waals surface area contributed by atoms with E-state index in [0.29, 0.717) is 10.6 Å². The second-order valence-corrected chi connectivity index (χ2v) is 7.09. The molecule has 0 saturated carbocycles. The highest BCUT2D eigenvalue weighted by molar-refractivity contribution is 7.16. The molecule has 1 saturated heterocycles. The first kappa shape index (κ1) is 16.3. The van der Waals surface area contributed by atoms with Crippen LogP contribution >= 0.6 is 22.9 Å². The van der Waals surface area contributed by atoms with Crippen LogP contribution < -0.4 is 4.90 Å². The molecular weight excluding hydrogens is 360 g/mol. The molecule has 2 aliphatic rings. The van der Waals surface area contributed by atoms with Crippen LogP contribution in [0.25, 0.3) is 6.08 Å². The van der Waals surface area contributed by atoms with Gasteiger partial charge in [-0.1, -0.05) is 23.7 Å². The zero-order chi connectivity index (χ0) is 17.2. The molecule has 128 valence electrons. The summed E-state index contributed by atoms with van der Waals surface area (Å²) in [6.45, 7) is 3.25. The number of cyclic esters (lactones) is 1. The van der Waals surface area contributed by atoms with Crippen molar-refractivity contribution in [2.24, 2.45) is 4.99 Å². The summed E-state index contributed by atoms with van der Waals surface area (Å²) >= 11 is 7.76. The molecule has 0 aliphatic carbocycles. The fraction of sp³-hybridized carbons (Fsp3) is 0.222. The van der Waals surface area contributed by atoms with E-state index < -0.39 is 5.97 Å². The van der Waals surface area contributed by atoms with Gasteiger partial charge in [-0.05, 0) is 30.3 Å². The van der Waals surface area contributed by atoms with Crippen LogP contribution in [0.15, 0.2) is 47.1 Å². The highest BCUT2D eigenvalue weighted by Gasteiger charge is 2.25. The van der Waals surface area contributed by atoms with Crippen LogP contribution in [-0.2, 0) is 14.3 Å². The van der Waals surface area contributed by atoms with Gasteiger partial charge >= 0.3 is 5.97 Å². The van der Waals surface area contributed by atoms with E-state index in [0.717, 1.165) is 36.2 Å². The smallest absolute Gasteiger partial charge is 0.363 e. The van der Waals surface area contributed by atoms with E-state index in [1.165, 1.54) is 0 Å². The first-order valence-corrected chi connectivity index (χ1v) is 9.10. The van der Waals surface area contributed by atoms with Gasteiger partial charge in [0.1, 0.15) is 0 Å². The third kappa shape index (κ3) is 3.46. The Morgan fingerprint density at radius 3 is 2.76 bits per heavy atom. The minimum absolute atomic E-state index is 0.242. The third-order valence-electron chi connectivity index (χ3n) is 3.94. The summed E-state index contributed by atoms with van der Waals surface area (Å²) < 4.78 is 10.6. The lowest BCUT2D eigenvalue weighted by Crippen LogP contribution is -2.35. The quantitative estimate of drug-likeness (QED) is 0.608. The molecule has 5 nitrogen and oxygen atoms in total. The first-order valence-electron chi connectivity index (χ1n) is 7.91. The maximum atomic E-state index is 12.1. The van der Waals surface area contributed by atoms with Crippen molar-refractivity contribution >= 4 is 45.9 Å². The average molecular weight is 375 g/mol. The van der Waals surface area contributed by atoms with Crippen molar-refractivity contribution in [3.8, 4) is 0 Å². The van der Waals surface area contributed by atoms with Gasteiger partial charge in [0.25, 0.3) is 0 Å². The van der Waals surface area contributed by atoms with Crippen molar-refractivity contribution in [1.82, 2.24) is 0 Å². The number of carbonyl (C=O) groups excluding carboxylic acids is 1. The van der Waals surface area contributed by atoms with E-state index in [2.05, 4.69) is 16.0 Å². The van der Waals surface area contributed by atoms with Crippen LogP contribution in [0, 0.1) is 0 Å². The minimum atomic E-state index is -0.462. The Morgan fingerprint density at radius 2 is 1.96 bits per heavy atom. The predicted molar refractivity (Wildman–Crippen MR) is 99.4 cm³/mol. The Balaban J connectivity index is 1.58. The summed E-state index contributed by atoms with van der Waals surface area (Å²) in [5.41, 5.74) is 0.895. The zero-order valence-corrected chi connectivity index (χ0v) is 14.8. The van der Waals surface area contributed by atoms with Gasteiger partial charge in [0, 0.05) is 18.0 Å². The lowest BCUT2D eigenvalue weighted by atomic mass is 10.2. The number of morpholine rings is 1. The van der Waals surface area contributed by atoms with Crippen LogP contribution in [0.5, 0.6) is 0 Å². The Kier molecular flexibility index (Phi) is 4.57. The number of hydrogen-bond donors (Lipinski definition) is 0. The van der Waals surface area contributed by atoms with Crippen LogP contribution in [0.1, 0.15) is 10.4 Å². The minimum Gasteiger partial charge on any atom is -0.402 e. The van der Waals surface area contributed by atoms with Gasteiger partial charge in [0.15, 0.2) is 5.70 Å². The number of benzene rings is 1. The third-order valence-corrected chi connectivity index (χ3v) is 5.36.